The van der Waals surface area contributed by atoms with Gasteiger partial charge < -0.3 is 10.2 Å². The van der Waals surface area contributed by atoms with Crippen molar-refractivity contribution in [3.05, 3.63) is 75.8 Å². The van der Waals surface area contributed by atoms with Crippen LogP contribution < -0.4 is 15.9 Å². The third-order valence-electron chi connectivity index (χ3n) is 5.90. The second-order valence-electron chi connectivity index (χ2n) is 9.33. The minimum atomic E-state index is -1.16. The van der Waals surface area contributed by atoms with Crippen molar-refractivity contribution in [3.8, 4) is 11.5 Å². The van der Waals surface area contributed by atoms with E-state index in [1.165, 1.54) is 16.4 Å². The molecule has 164 valence electrons. The van der Waals surface area contributed by atoms with Crippen LogP contribution in [0.4, 0.5) is 0 Å². The van der Waals surface area contributed by atoms with Crippen LogP contribution in [0, 0.1) is 27.7 Å². The van der Waals surface area contributed by atoms with E-state index in [2.05, 4.69) is 71.9 Å². The third kappa shape index (κ3) is 4.51. The number of aromatic hydroxyl groups is 2. The molecule has 3 rings (SSSR count). The van der Waals surface area contributed by atoms with Gasteiger partial charge in [0.2, 0.25) is 0 Å². The van der Waals surface area contributed by atoms with E-state index in [4.69, 9.17) is 0 Å². The molecule has 0 unspecified atom stereocenters. The second kappa shape index (κ2) is 9.05. The summed E-state index contributed by atoms with van der Waals surface area (Å²) in [6.07, 6.45) is 0. The molecule has 0 radical (unpaired) electrons. The Bertz CT molecular complexity index is 1030. The van der Waals surface area contributed by atoms with Gasteiger partial charge in [-0.3, -0.25) is 0 Å². The molecule has 0 fully saturated rings. The van der Waals surface area contributed by atoms with Crippen molar-refractivity contribution in [2.75, 3.05) is 0 Å². The molecule has 3 aromatic carbocycles. The first-order valence-electron chi connectivity index (χ1n) is 11.1. The molecule has 2 N–H and O–H groups in total. The maximum absolute atomic E-state index is 11.2. The smallest absolute Gasteiger partial charge is 0.126 e. The Balaban J connectivity index is 2.52. The topological polar surface area (TPSA) is 40.5 Å². The molecule has 0 atom stereocenters. The zero-order valence-corrected chi connectivity index (χ0v) is 20.9. The summed E-state index contributed by atoms with van der Waals surface area (Å²) in [5.74, 6) is 1.34. The van der Waals surface area contributed by atoms with Gasteiger partial charge in [-0.1, -0.05) is 58.0 Å². The Labute approximate surface area is 188 Å². The first-order chi connectivity index (χ1) is 14.5. The maximum atomic E-state index is 11.2. The van der Waals surface area contributed by atoms with Crippen LogP contribution in [0.2, 0.25) is 0 Å². The van der Waals surface area contributed by atoms with Crippen molar-refractivity contribution < 1.29 is 10.2 Å². The van der Waals surface area contributed by atoms with Crippen LogP contribution in [0.5, 0.6) is 11.5 Å². The highest BCUT2D eigenvalue weighted by molar-refractivity contribution is 7.80. The van der Waals surface area contributed by atoms with E-state index in [9.17, 15) is 10.2 Å². The Morgan fingerprint density at radius 3 is 1.39 bits per heavy atom. The summed E-state index contributed by atoms with van der Waals surface area (Å²) in [5.41, 5.74) is 6.56. The molecule has 0 amide bonds. The summed E-state index contributed by atoms with van der Waals surface area (Å²) in [7, 11) is -1.16. The maximum Gasteiger partial charge on any atom is 0.126 e. The fraction of sp³-hybridized carbons (Fsp3) is 0.357. The van der Waals surface area contributed by atoms with E-state index in [1.807, 2.05) is 26.0 Å². The minimum Gasteiger partial charge on any atom is -0.507 e. The Kier molecular flexibility index (Phi) is 6.82. The zero-order chi connectivity index (χ0) is 23.0. The average Bonchev–Trinajstić information content (AvgIpc) is 2.68. The highest BCUT2D eigenvalue weighted by Gasteiger charge is 2.30. The number of rotatable bonds is 5. The van der Waals surface area contributed by atoms with E-state index in [-0.39, 0.29) is 0 Å². The van der Waals surface area contributed by atoms with Crippen molar-refractivity contribution in [2.24, 2.45) is 0 Å². The van der Waals surface area contributed by atoms with Crippen molar-refractivity contribution in [1.82, 2.24) is 0 Å². The second-order valence-corrected chi connectivity index (χ2v) is 11.4. The number of aryl methyl sites for hydroxylation is 4. The molecule has 3 heteroatoms. The normalized spacial score (nSPS) is 11.7. The van der Waals surface area contributed by atoms with Crippen LogP contribution in [-0.4, -0.2) is 10.2 Å². The number of phenols is 2. The molecule has 0 bridgehead atoms. The lowest BCUT2D eigenvalue weighted by Gasteiger charge is -2.30. The third-order valence-corrected chi connectivity index (χ3v) is 8.51. The molecular formula is C28H35O2P. The molecule has 0 spiro atoms. The lowest BCUT2D eigenvalue weighted by Crippen LogP contribution is -2.28. The van der Waals surface area contributed by atoms with E-state index in [0.29, 0.717) is 23.3 Å². The van der Waals surface area contributed by atoms with Crippen molar-refractivity contribution >= 4 is 23.8 Å². The minimum absolute atomic E-state index is 0.333. The van der Waals surface area contributed by atoms with Crippen molar-refractivity contribution in [1.29, 1.82) is 0 Å². The Morgan fingerprint density at radius 1 is 0.645 bits per heavy atom. The molecule has 0 saturated heterocycles. The van der Waals surface area contributed by atoms with Gasteiger partial charge in [0.25, 0.3) is 0 Å². The molecule has 0 aromatic heterocycles. The van der Waals surface area contributed by atoms with Gasteiger partial charge in [0, 0.05) is 10.6 Å². The molecule has 0 heterocycles. The quantitative estimate of drug-likeness (QED) is 0.460. The van der Waals surface area contributed by atoms with E-state index in [1.54, 1.807) is 0 Å². The molecule has 2 nitrogen and oxygen atoms in total. The Hall–Kier alpha value is -2.31. The summed E-state index contributed by atoms with van der Waals surface area (Å²) in [5, 5.41) is 25.6. The first kappa shape index (κ1) is 23.4. The summed E-state index contributed by atoms with van der Waals surface area (Å²) >= 11 is 0. The van der Waals surface area contributed by atoms with Gasteiger partial charge in [-0.15, -0.1) is 0 Å². The lowest BCUT2D eigenvalue weighted by atomic mass is 9.95. The fourth-order valence-electron chi connectivity index (χ4n) is 4.36. The molecule has 0 aliphatic carbocycles. The van der Waals surface area contributed by atoms with E-state index in [0.717, 1.165) is 32.9 Å². The predicted octanol–water partition coefficient (Wildman–Crippen LogP) is 6.34. The van der Waals surface area contributed by atoms with Gasteiger partial charge in [-0.25, -0.2) is 0 Å². The van der Waals surface area contributed by atoms with Crippen LogP contribution >= 0.6 is 7.92 Å². The van der Waals surface area contributed by atoms with Crippen LogP contribution in [0.25, 0.3) is 0 Å². The predicted molar refractivity (Wildman–Crippen MR) is 136 cm³/mol. The zero-order valence-electron chi connectivity index (χ0n) is 20.0. The first-order valence-corrected chi connectivity index (χ1v) is 12.4. The van der Waals surface area contributed by atoms with Gasteiger partial charge in [0.05, 0.1) is 0 Å². The van der Waals surface area contributed by atoms with Gasteiger partial charge in [-0.05, 0) is 98.3 Å². The van der Waals surface area contributed by atoms with Crippen molar-refractivity contribution in [3.63, 3.8) is 0 Å². The SMILES string of the molecule is Cc1cc(C)c(O)c(P(c2cc(C)cc(C)c2O)c2c(C(C)C)cccc2C(C)C)c1. The number of hydrogen-bond acceptors (Lipinski definition) is 2. The number of phenolic OH excluding ortho intramolecular Hbond substituents is 2. The highest BCUT2D eigenvalue weighted by atomic mass is 31.1. The summed E-state index contributed by atoms with van der Waals surface area (Å²) in [6.45, 7) is 16.9. The Morgan fingerprint density at radius 2 is 1.03 bits per heavy atom. The van der Waals surface area contributed by atoms with Gasteiger partial charge >= 0.3 is 0 Å². The number of benzene rings is 3. The largest absolute Gasteiger partial charge is 0.507 e. The molecular weight excluding hydrogens is 399 g/mol. The summed E-state index contributed by atoms with van der Waals surface area (Å²) < 4.78 is 0. The molecule has 0 aliphatic heterocycles. The van der Waals surface area contributed by atoms with Crippen LogP contribution in [0.15, 0.2) is 42.5 Å². The average molecular weight is 435 g/mol. The van der Waals surface area contributed by atoms with E-state index >= 15 is 0 Å². The van der Waals surface area contributed by atoms with E-state index < -0.39 is 7.92 Å². The standard InChI is InChI=1S/C28H35O2P/c1-16(2)22-10-9-11-23(17(3)4)28(22)31(24-14-18(5)12-20(7)26(24)29)25-15-19(6)13-21(8)27(25)30/h9-17,29-30H,1-8H3. The van der Waals surface area contributed by atoms with Crippen LogP contribution in [0.1, 0.15) is 72.9 Å². The molecule has 3 aromatic rings. The monoisotopic (exact) mass is 434 g/mol. The summed E-state index contributed by atoms with van der Waals surface area (Å²) in [4.78, 5) is 0. The van der Waals surface area contributed by atoms with Crippen molar-refractivity contribution in [2.45, 2.75) is 67.2 Å². The van der Waals surface area contributed by atoms with Crippen LogP contribution in [0.3, 0.4) is 0 Å². The lowest BCUT2D eigenvalue weighted by molar-refractivity contribution is 0.475. The van der Waals surface area contributed by atoms with Gasteiger partial charge in [-0.2, -0.15) is 0 Å². The fourth-order valence-corrected chi connectivity index (χ4v) is 7.72. The molecule has 31 heavy (non-hydrogen) atoms. The molecule has 0 saturated carbocycles. The van der Waals surface area contributed by atoms with Crippen LogP contribution in [-0.2, 0) is 0 Å². The highest BCUT2D eigenvalue weighted by Crippen LogP contribution is 2.45. The molecule has 0 aliphatic rings. The van der Waals surface area contributed by atoms with Gasteiger partial charge in [0.1, 0.15) is 11.5 Å². The van der Waals surface area contributed by atoms with Gasteiger partial charge in [0.15, 0.2) is 0 Å². The summed E-state index contributed by atoms with van der Waals surface area (Å²) in [6, 6.07) is 14.8. The number of hydrogen-bond donors (Lipinski definition) is 2.